The van der Waals surface area contributed by atoms with Crippen LogP contribution >= 0.6 is 11.8 Å². The van der Waals surface area contributed by atoms with Crippen LogP contribution in [0.5, 0.6) is 0 Å². The third kappa shape index (κ3) is 4.64. The minimum absolute atomic E-state index is 0.239. The first-order valence-corrected chi connectivity index (χ1v) is 10.1. The minimum atomic E-state index is -5.04. The lowest BCUT2D eigenvalue weighted by molar-refractivity contribution is -0.167. The number of carbonyl (C=O) groups is 1. The lowest BCUT2D eigenvalue weighted by atomic mass is 9.92. The molecule has 3 aromatic rings. The van der Waals surface area contributed by atoms with E-state index in [4.69, 9.17) is 0 Å². The van der Waals surface area contributed by atoms with Gasteiger partial charge in [0, 0.05) is 23.0 Å². The van der Waals surface area contributed by atoms with E-state index in [0.29, 0.717) is 5.56 Å². The molecule has 1 aromatic heterocycles. The van der Waals surface area contributed by atoms with Crippen molar-refractivity contribution in [2.75, 3.05) is 11.6 Å². The number of rotatable bonds is 4. The minimum Gasteiger partial charge on any atom is -0.318 e. The van der Waals surface area contributed by atoms with Gasteiger partial charge in [-0.2, -0.15) is 13.2 Å². The van der Waals surface area contributed by atoms with E-state index in [1.165, 1.54) is 12.1 Å². The highest BCUT2D eigenvalue weighted by molar-refractivity contribution is 7.98. The molecule has 0 aliphatic carbocycles. The molecular formula is C22H18F4N2OS. The topological polar surface area (TPSA) is 42.0 Å². The Labute approximate surface area is 175 Å². The van der Waals surface area contributed by atoms with Crippen molar-refractivity contribution in [1.82, 2.24) is 4.98 Å². The van der Waals surface area contributed by atoms with Crippen LogP contribution in [0.15, 0.2) is 53.7 Å². The molecule has 0 aliphatic rings. The predicted molar refractivity (Wildman–Crippen MR) is 111 cm³/mol. The Balaban J connectivity index is 1.94. The Morgan fingerprint density at radius 3 is 2.20 bits per heavy atom. The van der Waals surface area contributed by atoms with E-state index in [0.717, 1.165) is 33.3 Å². The number of carbonyl (C=O) groups excluding carboxylic acids is 1. The van der Waals surface area contributed by atoms with Crippen LogP contribution in [0.2, 0.25) is 0 Å². The molecule has 8 heteroatoms. The normalized spacial score (nSPS) is 11.4. The summed E-state index contributed by atoms with van der Waals surface area (Å²) in [4.78, 5) is 15.4. The van der Waals surface area contributed by atoms with Crippen LogP contribution in [0.1, 0.15) is 11.1 Å². The smallest absolute Gasteiger partial charge is 0.318 e. The lowest BCUT2D eigenvalue weighted by Gasteiger charge is -2.14. The fraction of sp³-hybridized carbons (Fsp3) is 0.182. The maximum absolute atomic E-state index is 14.7. The van der Waals surface area contributed by atoms with Crippen LogP contribution in [0, 0.1) is 19.7 Å². The molecule has 0 saturated heterocycles. The molecule has 2 aromatic carbocycles. The predicted octanol–water partition coefficient (Wildman–Crippen LogP) is 6.39. The fourth-order valence-corrected chi connectivity index (χ4v) is 3.45. The summed E-state index contributed by atoms with van der Waals surface area (Å²) in [5.74, 6) is -2.87. The van der Waals surface area contributed by atoms with Crippen LogP contribution in [-0.2, 0) is 4.79 Å². The van der Waals surface area contributed by atoms with Crippen LogP contribution in [-0.4, -0.2) is 23.3 Å². The molecule has 0 atom stereocenters. The Morgan fingerprint density at radius 1 is 0.967 bits per heavy atom. The Kier molecular flexibility index (Phi) is 6.17. The van der Waals surface area contributed by atoms with Gasteiger partial charge >= 0.3 is 12.1 Å². The van der Waals surface area contributed by atoms with E-state index in [2.05, 4.69) is 4.98 Å². The quantitative estimate of drug-likeness (QED) is 0.382. The van der Waals surface area contributed by atoms with Gasteiger partial charge in [0.05, 0.1) is 5.03 Å². The summed E-state index contributed by atoms with van der Waals surface area (Å²) in [5, 5.41) is 2.56. The van der Waals surface area contributed by atoms with Crippen LogP contribution in [0.3, 0.4) is 0 Å². The number of halogens is 4. The fourth-order valence-electron chi connectivity index (χ4n) is 3.09. The summed E-state index contributed by atoms with van der Waals surface area (Å²) >= 11 is 1.55. The molecule has 0 unspecified atom stereocenters. The van der Waals surface area contributed by atoms with Gasteiger partial charge in [-0.15, -0.1) is 11.8 Å². The van der Waals surface area contributed by atoms with Crippen molar-refractivity contribution in [2.45, 2.75) is 25.0 Å². The molecule has 0 bridgehead atoms. The molecule has 0 aliphatic heterocycles. The number of hydrogen-bond acceptors (Lipinski definition) is 3. The molecule has 1 N–H and O–H groups in total. The van der Waals surface area contributed by atoms with Gasteiger partial charge in [-0.05, 0) is 66.6 Å². The van der Waals surface area contributed by atoms with Crippen molar-refractivity contribution in [1.29, 1.82) is 0 Å². The van der Waals surface area contributed by atoms with Gasteiger partial charge in [0.25, 0.3) is 0 Å². The van der Waals surface area contributed by atoms with Crippen molar-refractivity contribution in [2.24, 2.45) is 0 Å². The van der Waals surface area contributed by atoms with E-state index >= 15 is 0 Å². The zero-order chi connectivity index (χ0) is 22.1. The van der Waals surface area contributed by atoms with Gasteiger partial charge in [0.1, 0.15) is 5.82 Å². The summed E-state index contributed by atoms with van der Waals surface area (Å²) < 4.78 is 51.8. The first-order chi connectivity index (χ1) is 14.1. The number of anilines is 1. The molecule has 156 valence electrons. The van der Waals surface area contributed by atoms with Crippen molar-refractivity contribution >= 4 is 23.4 Å². The number of aryl methyl sites for hydroxylation is 2. The number of hydrogen-bond donors (Lipinski definition) is 1. The van der Waals surface area contributed by atoms with Crippen molar-refractivity contribution in [3.63, 3.8) is 0 Å². The lowest BCUT2D eigenvalue weighted by Crippen LogP contribution is -2.29. The molecule has 0 spiro atoms. The van der Waals surface area contributed by atoms with E-state index in [1.807, 2.05) is 44.4 Å². The number of benzene rings is 2. The third-order valence-electron chi connectivity index (χ3n) is 4.60. The first-order valence-electron chi connectivity index (χ1n) is 8.90. The van der Waals surface area contributed by atoms with E-state index < -0.39 is 17.9 Å². The zero-order valence-electron chi connectivity index (χ0n) is 16.4. The highest BCUT2D eigenvalue weighted by Gasteiger charge is 2.38. The van der Waals surface area contributed by atoms with Crippen molar-refractivity contribution in [3.8, 4) is 22.3 Å². The first kappa shape index (κ1) is 21.8. The Hall–Kier alpha value is -2.87. The molecule has 3 nitrogen and oxygen atoms in total. The largest absolute Gasteiger partial charge is 0.471 e. The molecule has 0 fully saturated rings. The van der Waals surface area contributed by atoms with Gasteiger partial charge in [0.2, 0.25) is 0 Å². The van der Waals surface area contributed by atoms with Gasteiger partial charge in [-0.1, -0.05) is 18.2 Å². The molecule has 0 saturated carbocycles. The summed E-state index contributed by atoms with van der Waals surface area (Å²) in [6.45, 7) is 3.73. The molecule has 1 amide bonds. The summed E-state index contributed by atoms with van der Waals surface area (Å²) in [5.41, 5.74) is 4.21. The number of nitrogens with one attached hydrogen (secondary N) is 1. The Morgan fingerprint density at radius 2 is 1.63 bits per heavy atom. The van der Waals surface area contributed by atoms with E-state index in [1.54, 1.807) is 23.3 Å². The second-order valence-corrected chi connectivity index (χ2v) is 7.54. The van der Waals surface area contributed by atoms with Gasteiger partial charge < -0.3 is 5.32 Å². The van der Waals surface area contributed by atoms with Crippen LogP contribution < -0.4 is 5.32 Å². The average molecular weight is 434 g/mol. The van der Waals surface area contributed by atoms with E-state index in [9.17, 15) is 22.4 Å². The third-order valence-corrected chi connectivity index (χ3v) is 5.26. The average Bonchev–Trinajstić information content (AvgIpc) is 2.69. The summed E-state index contributed by atoms with van der Waals surface area (Å²) in [7, 11) is 0. The zero-order valence-corrected chi connectivity index (χ0v) is 17.2. The number of alkyl halides is 3. The summed E-state index contributed by atoms with van der Waals surface area (Å²) in [6.07, 6.45) is -1.31. The SMILES string of the molecule is CSc1ccc(-c2cc(C)c(-c3ccc(NC(=O)C(F)(F)F)cc3F)cc2C)cn1. The molecule has 30 heavy (non-hydrogen) atoms. The number of aromatic nitrogens is 1. The van der Waals surface area contributed by atoms with Gasteiger partial charge in [-0.25, -0.2) is 9.37 Å². The molecular weight excluding hydrogens is 416 g/mol. The van der Waals surface area contributed by atoms with Crippen LogP contribution in [0.4, 0.5) is 23.2 Å². The highest BCUT2D eigenvalue weighted by Crippen LogP contribution is 2.34. The van der Waals surface area contributed by atoms with Crippen molar-refractivity contribution in [3.05, 3.63) is 65.6 Å². The number of thioether (sulfide) groups is 1. The molecule has 3 rings (SSSR count). The summed E-state index contributed by atoms with van der Waals surface area (Å²) in [6, 6.07) is 11.1. The standard InChI is InChI=1S/C22H18F4N2OS/c1-12-9-18(13(2)8-17(12)14-4-7-20(30-3)27-11-14)16-6-5-15(10-19(16)23)28-21(29)22(24,25)26/h4-11H,1-3H3,(H,28,29). The van der Waals surface area contributed by atoms with Crippen molar-refractivity contribution < 1.29 is 22.4 Å². The van der Waals surface area contributed by atoms with Gasteiger partial charge in [0.15, 0.2) is 0 Å². The number of nitrogens with zero attached hydrogens (tertiary/aromatic N) is 1. The monoisotopic (exact) mass is 434 g/mol. The second-order valence-electron chi connectivity index (χ2n) is 6.72. The second kappa shape index (κ2) is 8.47. The maximum Gasteiger partial charge on any atom is 0.471 e. The molecule has 0 radical (unpaired) electrons. The molecule has 1 heterocycles. The highest BCUT2D eigenvalue weighted by atomic mass is 32.2. The number of pyridine rings is 1. The number of amides is 1. The Bertz CT molecular complexity index is 1100. The van der Waals surface area contributed by atoms with E-state index in [-0.39, 0.29) is 11.3 Å². The van der Waals surface area contributed by atoms with Gasteiger partial charge in [-0.3, -0.25) is 4.79 Å². The maximum atomic E-state index is 14.7. The van der Waals surface area contributed by atoms with Crippen LogP contribution in [0.25, 0.3) is 22.3 Å².